The van der Waals surface area contributed by atoms with Crippen LogP contribution in [0.5, 0.6) is 0 Å². The van der Waals surface area contributed by atoms with E-state index in [4.69, 9.17) is 0 Å². The number of nitrogens with zero attached hydrogens (tertiary/aromatic N) is 1. The molecule has 0 spiro atoms. The summed E-state index contributed by atoms with van der Waals surface area (Å²) in [6.07, 6.45) is 2.53. The molecular formula is C16H24F2N2. The van der Waals surface area contributed by atoms with Gasteiger partial charge in [0.25, 0.3) is 0 Å². The van der Waals surface area contributed by atoms with Crippen LogP contribution < -0.4 is 5.32 Å². The van der Waals surface area contributed by atoms with Crippen LogP contribution in [0.15, 0.2) is 18.2 Å². The molecule has 1 saturated heterocycles. The molecule has 1 atom stereocenters. The van der Waals surface area contributed by atoms with E-state index in [0.717, 1.165) is 25.7 Å². The van der Waals surface area contributed by atoms with Gasteiger partial charge in [0, 0.05) is 24.7 Å². The maximum Gasteiger partial charge on any atom is 0.163 e. The third-order valence-electron chi connectivity index (χ3n) is 4.08. The lowest BCUT2D eigenvalue weighted by Gasteiger charge is -2.31. The minimum absolute atomic E-state index is 0.376. The highest BCUT2D eigenvalue weighted by Gasteiger charge is 2.24. The molecule has 0 radical (unpaired) electrons. The quantitative estimate of drug-likeness (QED) is 0.862. The molecule has 1 unspecified atom stereocenters. The summed E-state index contributed by atoms with van der Waals surface area (Å²) in [5, 5.41) is 3.28. The molecule has 20 heavy (non-hydrogen) atoms. The van der Waals surface area contributed by atoms with Gasteiger partial charge in [0.1, 0.15) is 0 Å². The van der Waals surface area contributed by atoms with Crippen molar-refractivity contribution in [1.29, 1.82) is 0 Å². The van der Waals surface area contributed by atoms with E-state index in [0.29, 0.717) is 24.1 Å². The summed E-state index contributed by atoms with van der Waals surface area (Å²) in [6, 6.07) is 4.80. The predicted molar refractivity (Wildman–Crippen MR) is 77.5 cm³/mol. The molecule has 2 nitrogen and oxygen atoms in total. The van der Waals surface area contributed by atoms with Crippen molar-refractivity contribution in [2.45, 2.75) is 39.3 Å². The summed E-state index contributed by atoms with van der Waals surface area (Å²) in [6.45, 7) is 7.92. The van der Waals surface area contributed by atoms with Gasteiger partial charge in [-0.15, -0.1) is 0 Å². The van der Waals surface area contributed by atoms with E-state index in [1.807, 2.05) is 0 Å². The Kier molecular flexibility index (Phi) is 5.49. The third-order valence-corrected chi connectivity index (χ3v) is 4.08. The highest BCUT2D eigenvalue weighted by atomic mass is 19.2. The van der Waals surface area contributed by atoms with E-state index in [-0.39, 0.29) is 0 Å². The first-order chi connectivity index (χ1) is 9.59. The highest BCUT2D eigenvalue weighted by molar-refractivity contribution is 5.18. The van der Waals surface area contributed by atoms with Crippen molar-refractivity contribution >= 4 is 0 Å². The Hall–Kier alpha value is -1.00. The fourth-order valence-corrected chi connectivity index (χ4v) is 2.90. The lowest BCUT2D eigenvalue weighted by molar-refractivity contribution is 0.186. The van der Waals surface area contributed by atoms with Crippen LogP contribution in [0.3, 0.4) is 0 Å². The van der Waals surface area contributed by atoms with E-state index in [9.17, 15) is 8.78 Å². The van der Waals surface area contributed by atoms with Gasteiger partial charge in [-0.3, -0.25) is 4.90 Å². The molecule has 0 aromatic heterocycles. The number of likely N-dealkylation sites (tertiary alicyclic amines) is 1. The molecule has 1 aromatic carbocycles. The van der Waals surface area contributed by atoms with Crippen molar-refractivity contribution in [2.75, 3.05) is 19.6 Å². The molecule has 1 heterocycles. The first-order valence-electron chi connectivity index (χ1n) is 7.47. The van der Waals surface area contributed by atoms with E-state index >= 15 is 0 Å². The van der Waals surface area contributed by atoms with Crippen molar-refractivity contribution < 1.29 is 8.78 Å². The maximum absolute atomic E-state index is 13.6. The van der Waals surface area contributed by atoms with Crippen LogP contribution in [-0.2, 0) is 6.54 Å². The minimum atomic E-state index is -0.774. The van der Waals surface area contributed by atoms with E-state index in [1.54, 1.807) is 12.1 Å². The van der Waals surface area contributed by atoms with Gasteiger partial charge in [0.05, 0.1) is 0 Å². The number of hydrogen-bond acceptors (Lipinski definition) is 2. The zero-order valence-electron chi connectivity index (χ0n) is 12.3. The Labute approximate surface area is 120 Å². The van der Waals surface area contributed by atoms with Gasteiger partial charge in [-0.25, -0.2) is 8.78 Å². The fourth-order valence-electron chi connectivity index (χ4n) is 2.90. The van der Waals surface area contributed by atoms with Gasteiger partial charge in [-0.1, -0.05) is 26.0 Å². The number of benzene rings is 1. The molecule has 1 aliphatic rings. The second-order valence-electron chi connectivity index (χ2n) is 5.90. The van der Waals surface area contributed by atoms with Crippen LogP contribution >= 0.6 is 0 Å². The van der Waals surface area contributed by atoms with Crippen LogP contribution in [-0.4, -0.2) is 30.6 Å². The van der Waals surface area contributed by atoms with Crippen molar-refractivity contribution in [3.05, 3.63) is 35.4 Å². The smallest absolute Gasteiger partial charge is 0.163 e. The zero-order valence-corrected chi connectivity index (χ0v) is 12.3. The first-order valence-corrected chi connectivity index (χ1v) is 7.47. The van der Waals surface area contributed by atoms with Crippen LogP contribution in [0.4, 0.5) is 8.78 Å². The SMILES string of the molecule is CC(C)C(CNCc1cccc(F)c1F)N1CCCC1. The van der Waals surface area contributed by atoms with Crippen molar-refractivity contribution in [3.63, 3.8) is 0 Å². The molecule has 0 saturated carbocycles. The first kappa shape index (κ1) is 15.4. The number of hydrogen-bond donors (Lipinski definition) is 1. The summed E-state index contributed by atoms with van der Waals surface area (Å²) in [5.41, 5.74) is 0.397. The van der Waals surface area contributed by atoms with Gasteiger partial charge in [0.2, 0.25) is 0 Å². The normalized spacial score (nSPS) is 17.9. The Morgan fingerprint density at radius 2 is 1.90 bits per heavy atom. The molecule has 0 aliphatic carbocycles. The average Bonchev–Trinajstić information content (AvgIpc) is 2.92. The summed E-state index contributed by atoms with van der Waals surface area (Å²) in [5.74, 6) is -0.954. The Morgan fingerprint density at radius 1 is 1.20 bits per heavy atom. The monoisotopic (exact) mass is 282 g/mol. The number of rotatable bonds is 6. The molecule has 0 bridgehead atoms. The van der Waals surface area contributed by atoms with Gasteiger partial charge in [-0.05, 0) is 37.9 Å². The summed E-state index contributed by atoms with van der Waals surface area (Å²) < 4.78 is 26.7. The van der Waals surface area contributed by atoms with Crippen LogP contribution in [0.25, 0.3) is 0 Å². The van der Waals surface area contributed by atoms with Crippen LogP contribution in [0.1, 0.15) is 32.3 Å². The van der Waals surface area contributed by atoms with Crippen molar-refractivity contribution in [1.82, 2.24) is 10.2 Å². The van der Waals surface area contributed by atoms with Crippen LogP contribution in [0, 0.1) is 17.6 Å². The van der Waals surface area contributed by atoms with Crippen molar-refractivity contribution in [3.8, 4) is 0 Å². The molecule has 1 N–H and O–H groups in total. The lowest BCUT2D eigenvalue weighted by Crippen LogP contribution is -2.44. The fraction of sp³-hybridized carbons (Fsp3) is 0.625. The summed E-state index contributed by atoms with van der Waals surface area (Å²) >= 11 is 0. The lowest BCUT2D eigenvalue weighted by atomic mass is 10.0. The average molecular weight is 282 g/mol. The van der Waals surface area contributed by atoms with Gasteiger partial charge in [0.15, 0.2) is 11.6 Å². The van der Waals surface area contributed by atoms with Crippen LogP contribution in [0.2, 0.25) is 0 Å². The summed E-state index contributed by atoms with van der Waals surface area (Å²) in [4.78, 5) is 2.50. The van der Waals surface area contributed by atoms with Crippen molar-refractivity contribution in [2.24, 2.45) is 5.92 Å². The van der Waals surface area contributed by atoms with Gasteiger partial charge >= 0.3 is 0 Å². The Morgan fingerprint density at radius 3 is 2.55 bits per heavy atom. The molecule has 2 rings (SSSR count). The maximum atomic E-state index is 13.6. The molecule has 1 aromatic rings. The molecule has 1 fully saturated rings. The Balaban J connectivity index is 1.88. The van der Waals surface area contributed by atoms with E-state index < -0.39 is 11.6 Å². The summed E-state index contributed by atoms with van der Waals surface area (Å²) in [7, 11) is 0. The molecule has 4 heteroatoms. The Bertz CT molecular complexity index is 428. The predicted octanol–water partition coefficient (Wildman–Crippen LogP) is 3.17. The van der Waals surface area contributed by atoms with Gasteiger partial charge in [-0.2, -0.15) is 0 Å². The second-order valence-corrected chi connectivity index (χ2v) is 5.90. The molecular weight excluding hydrogens is 258 g/mol. The molecule has 1 aliphatic heterocycles. The third kappa shape index (κ3) is 3.76. The van der Waals surface area contributed by atoms with Gasteiger partial charge < -0.3 is 5.32 Å². The number of halogens is 2. The minimum Gasteiger partial charge on any atom is -0.311 e. The number of nitrogens with one attached hydrogen (secondary N) is 1. The molecule has 112 valence electrons. The highest BCUT2D eigenvalue weighted by Crippen LogP contribution is 2.17. The van der Waals surface area contributed by atoms with E-state index in [1.165, 1.54) is 12.8 Å². The topological polar surface area (TPSA) is 15.3 Å². The van der Waals surface area contributed by atoms with E-state index in [2.05, 4.69) is 24.1 Å². The largest absolute Gasteiger partial charge is 0.311 e. The standard InChI is InChI=1S/C16H24F2N2/c1-12(2)15(20-8-3-4-9-20)11-19-10-13-6-5-7-14(17)16(13)18/h5-7,12,15,19H,3-4,8-11H2,1-2H3. The zero-order chi connectivity index (χ0) is 14.5. The molecule has 0 amide bonds. The second kappa shape index (κ2) is 7.14.